The zero-order valence-electron chi connectivity index (χ0n) is 14.0. The van der Waals surface area contributed by atoms with Crippen LogP contribution >= 0.6 is 0 Å². The van der Waals surface area contributed by atoms with E-state index in [-0.39, 0.29) is 18.2 Å². The molecule has 1 saturated heterocycles. The lowest BCUT2D eigenvalue weighted by Gasteiger charge is -2.33. The summed E-state index contributed by atoms with van der Waals surface area (Å²) in [5.41, 5.74) is -0.526. The van der Waals surface area contributed by atoms with Gasteiger partial charge in [0.1, 0.15) is 11.7 Å². The second-order valence-corrected chi connectivity index (χ2v) is 6.77. The van der Waals surface area contributed by atoms with Crippen LogP contribution in [0.4, 0.5) is 4.79 Å². The fraction of sp³-hybridized carbons (Fsp3) is 0.867. The lowest BCUT2D eigenvalue weighted by molar-refractivity contribution is -0.130. The maximum Gasteiger partial charge on any atom is 0.407 e. The largest absolute Gasteiger partial charge is 0.444 e. The van der Waals surface area contributed by atoms with Gasteiger partial charge in [-0.05, 0) is 47.5 Å². The van der Waals surface area contributed by atoms with Gasteiger partial charge in [0.05, 0.1) is 24.8 Å². The summed E-state index contributed by atoms with van der Waals surface area (Å²) in [7, 11) is 0. The van der Waals surface area contributed by atoms with Crippen LogP contribution in [0.25, 0.3) is 0 Å². The summed E-state index contributed by atoms with van der Waals surface area (Å²) in [5, 5.41) is 14.7. The Morgan fingerprint density at radius 3 is 2.36 bits per heavy atom. The van der Waals surface area contributed by atoms with Gasteiger partial charge >= 0.3 is 6.09 Å². The van der Waals surface area contributed by atoms with Crippen molar-refractivity contribution < 1.29 is 24.2 Å². The minimum absolute atomic E-state index is 0.0919. The van der Waals surface area contributed by atoms with E-state index in [1.54, 1.807) is 0 Å². The number of aliphatic hydroxyl groups is 1. The summed E-state index contributed by atoms with van der Waals surface area (Å²) in [6, 6.07) is -0.282. The zero-order valence-corrected chi connectivity index (χ0v) is 14.0. The summed E-state index contributed by atoms with van der Waals surface area (Å²) in [6.07, 6.45) is -0.150. The van der Waals surface area contributed by atoms with Crippen LogP contribution in [-0.2, 0) is 14.3 Å². The van der Waals surface area contributed by atoms with Crippen molar-refractivity contribution in [3.8, 4) is 0 Å². The van der Waals surface area contributed by atoms with E-state index in [0.29, 0.717) is 13.0 Å². The smallest absolute Gasteiger partial charge is 0.407 e. The minimum atomic E-state index is -1.03. The number of ether oxygens (including phenoxy) is 2. The Bertz CT molecular complexity index is 384. The lowest BCUT2D eigenvalue weighted by atomic mass is 10.00. The molecule has 128 valence electrons. The maximum atomic E-state index is 11.7. The molecule has 0 spiro atoms. The highest BCUT2D eigenvalue weighted by Gasteiger charge is 2.29. The Kier molecular flexibility index (Phi) is 6.62. The molecule has 7 heteroatoms. The van der Waals surface area contributed by atoms with Crippen LogP contribution in [0, 0.1) is 0 Å². The molecule has 1 rings (SSSR count). The van der Waals surface area contributed by atoms with Gasteiger partial charge in [0.2, 0.25) is 5.91 Å². The molecular weight excluding hydrogens is 288 g/mol. The van der Waals surface area contributed by atoms with Gasteiger partial charge in [-0.15, -0.1) is 0 Å². The molecule has 1 heterocycles. The number of carbonyl (C=O) groups excluding carboxylic acids is 2. The van der Waals surface area contributed by atoms with Crippen LogP contribution in [0.1, 0.15) is 47.5 Å². The fourth-order valence-corrected chi connectivity index (χ4v) is 2.19. The molecule has 2 unspecified atom stereocenters. The van der Waals surface area contributed by atoms with Crippen LogP contribution in [0.3, 0.4) is 0 Å². The normalized spacial score (nSPS) is 25.0. The standard InChI is InChI=1S/C15H28N2O5/c1-9(16-13(19)10(2)18)12-7-6-11(8-21-12)17-14(20)22-15(3,4)5/h9-12,18H,6-8H2,1-5H3,(H,16,19)(H,17,20)/t9?,10?,11-,12+/m1/s1. The van der Waals surface area contributed by atoms with E-state index in [0.717, 1.165) is 6.42 Å². The van der Waals surface area contributed by atoms with Crippen molar-refractivity contribution in [1.29, 1.82) is 0 Å². The first-order chi connectivity index (χ1) is 10.1. The van der Waals surface area contributed by atoms with Crippen molar-refractivity contribution in [3.63, 3.8) is 0 Å². The van der Waals surface area contributed by atoms with Crippen molar-refractivity contribution in [2.45, 2.75) is 77.4 Å². The highest BCUT2D eigenvalue weighted by Crippen LogP contribution is 2.17. The van der Waals surface area contributed by atoms with Gasteiger partial charge in [-0.25, -0.2) is 4.79 Å². The molecule has 1 aliphatic rings. The second kappa shape index (κ2) is 7.78. The molecule has 0 aromatic rings. The highest BCUT2D eigenvalue weighted by atomic mass is 16.6. The number of hydrogen-bond acceptors (Lipinski definition) is 5. The molecule has 0 radical (unpaired) electrons. The first kappa shape index (κ1) is 18.7. The topological polar surface area (TPSA) is 96.9 Å². The third-order valence-corrected chi connectivity index (χ3v) is 3.34. The number of hydrogen-bond donors (Lipinski definition) is 3. The molecule has 4 atom stereocenters. The molecule has 2 amide bonds. The van der Waals surface area contributed by atoms with E-state index in [2.05, 4.69) is 10.6 Å². The van der Waals surface area contributed by atoms with Gasteiger partial charge in [0, 0.05) is 0 Å². The van der Waals surface area contributed by atoms with Gasteiger partial charge in [-0.1, -0.05) is 0 Å². The Labute approximate surface area is 131 Å². The first-order valence-corrected chi connectivity index (χ1v) is 7.68. The first-order valence-electron chi connectivity index (χ1n) is 7.68. The summed E-state index contributed by atoms with van der Waals surface area (Å²) in [5.74, 6) is -0.412. The van der Waals surface area contributed by atoms with Crippen molar-refractivity contribution >= 4 is 12.0 Å². The van der Waals surface area contributed by atoms with Crippen LogP contribution in [0.2, 0.25) is 0 Å². The third-order valence-electron chi connectivity index (χ3n) is 3.34. The zero-order chi connectivity index (χ0) is 16.9. The fourth-order valence-electron chi connectivity index (χ4n) is 2.19. The van der Waals surface area contributed by atoms with Crippen LogP contribution in [-0.4, -0.2) is 53.6 Å². The molecule has 1 aliphatic heterocycles. The molecule has 0 aromatic heterocycles. The number of aliphatic hydroxyl groups excluding tert-OH is 1. The van der Waals surface area contributed by atoms with Gasteiger partial charge in [0.15, 0.2) is 0 Å². The monoisotopic (exact) mass is 316 g/mol. The van der Waals surface area contributed by atoms with E-state index in [1.165, 1.54) is 6.92 Å². The molecule has 0 bridgehead atoms. The predicted molar refractivity (Wildman–Crippen MR) is 81.4 cm³/mol. The molecule has 22 heavy (non-hydrogen) atoms. The van der Waals surface area contributed by atoms with Crippen LogP contribution in [0.15, 0.2) is 0 Å². The van der Waals surface area contributed by atoms with E-state index in [4.69, 9.17) is 9.47 Å². The van der Waals surface area contributed by atoms with Gasteiger partial charge in [0.25, 0.3) is 0 Å². The van der Waals surface area contributed by atoms with E-state index < -0.39 is 23.7 Å². The number of nitrogens with one attached hydrogen (secondary N) is 2. The minimum Gasteiger partial charge on any atom is -0.444 e. The average Bonchev–Trinajstić information content (AvgIpc) is 2.36. The Hall–Kier alpha value is -1.34. The van der Waals surface area contributed by atoms with E-state index in [9.17, 15) is 14.7 Å². The summed E-state index contributed by atoms with van der Waals surface area (Å²) >= 11 is 0. The molecule has 1 fully saturated rings. The number of alkyl carbamates (subject to hydrolysis) is 1. The summed E-state index contributed by atoms with van der Waals surface area (Å²) in [6.45, 7) is 9.07. The molecular formula is C15H28N2O5. The van der Waals surface area contributed by atoms with Crippen LogP contribution in [0.5, 0.6) is 0 Å². The molecule has 0 aliphatic carbocycles. The van der Waals surface area contributed by atoms with E-state index in [1.807, 2.05) is 27.7 Å². The van der Waals surface area contributed by atoms with Crippen molar-refractivity contribution in [2.24, 2.45) is 0 Å². The van der Waals surface area contributed by atoms with Crippen LogP contribution < -0.4 is 10.6 Å². The maximum absolute atomic E-state index is 11.7. The van der Waals surface area contributed by atoms with E-state index >= 15 is 0 Å². The number of carbonyl (C=O) groups is 2. The Balaban J connectivity index is 2.34. The average molecular weight is 316 g/mol. The molecule has 3 N–H and O–H groups in total. The van der Waals surface area contributed by atoms with Crippen molar-refractivity contribution in [1.82, 2.24) is 10.6 Å². The molecule has 7 nitrogen and oxygen atoms in total. The third kappa shape index (κ3) is 6.62. The lowest BCUT2D eigenvalue weighted by Crippen LogP contribution is -2.51. The molecule has 0 aromatic carbocycles. The number of rotatable bonds is 4. The highest BCUT2D eigenvalue weighted by molar-refractivity contribution is 5.80. The second-order valence-electron chi connectivity index (χ2n) is 6.77. The SMILES string of the molecule is CC(O)C(=O)NC(C)[C@@H]1CC[C@@H](NC(=O)OC(C)(C)C)CO1. The Morgan fingerprint density at radius 2 is 1.91 bits per heavy atom. The predicted octanol–water partition coefficient (Wildman–Crippen LogP) is 0.944. The van der Waals surface area contributed by atoms with Gasteiger partial charge in [-0.3, -0.25) is 4.79 Å². The number of amides is 2. The summed E-state index contributed by atoms with van der Waals surface area (Å²) < 4.78 is 10.9. The quantitative estimate of drug-likeness (QED) is 0.717. The molecule has 0 saturated carbocycles. The summed E-state index contributed by atoms with van der Waals surface area (Å²) in [4.78, 5) is 23.1. The Morgan fingerprint density at radius 1 is 1.27 bits per heavy atom. The van der Waals surface area contributed by atoms with Gasteiger partial charge in [-0.2, -0.15) is 0 Å². The van der Waals surface area contributed by atoms with Crippen molar-refractivity contribution in [3.05, 3.63) is 0 Å². The van der Waals surface area contributed by atoms with Gasteiger partial charge < -0.3 is 25.2 Å². The van der Waals surface area contributed by atoms with Crippen molar-refractivity contribution in [2.75, 3.05) is 6.61 Å².